The summed E-state index contributed by atoms with van der Waals surface area (Å²) in [5.74, 6) is 0.0785. The zero-order chi connectivity index (χ0) is 20.2. The van der Waals surface area contributed by atoms with Gasteiger partial charge in [-0.05, 0) is 55.3 Å². The highest BCUT2D eigenvalue weighted by molar-refractivity contribution is 5.88. The minimum absolute atomic E-state index is 0.0482. The minimum Gasteiger partial charge on any atom is -0.507 e. The molecule has 2 aliphatic rings. The number of nitrogens with zero attached hydrogens (tertiary/aromatic N) is 4. The van der Waals surface area contributed by atoms with E-state index in [9.17, 15) is 9.50 Å². The lowest BCUT2D eigenvalue weighted by molar-refractivity contribution is 0.135. The van der Waals surface area contributed by atoms with Crippen molar-refractivity contribution in [3.05, 3.63) is 49.1 Å². The van der Waals surface area contributed by atoms with Crippen molar-refractivity contribution < 1.29 is 9.50 Å². The van der Waals surface area contributed by atoms with Crippen molar-refractivity contribution in [1.29, 1.82) is 0 Å². The lowest BCUT2D eigenvalue weighted by atomic mass is 9.79. The number of rotatable bonds is 3. The second-order valence-corrected chi connectivity index (χ2v) is 8.39. The van der Waals surface area contributed by atoms with Crippen LogP contribution in [-0.4, -0.2) is 43.0 Å². The Kier molecular flexibility index (Phi) is 4.10. The summed E-state index contributed by atoms with van der Waals surface area (Å²) in [5.41, 5.74) is 1.57. The molecule has 0 saturated carbocycles. The summed E-state index contributed by atoms with van der Waals surface area (Å²) in [6.07, 6.45) is 6.47. The van der Waals surface area contributed by atoms with Gasteiger partial charge in [-0.25, -0.2) is 9.37 Å². The summed E-state index contributed by atoms with van der Waals surface area (Å²) in [5, 5.41) is 24.0. The first-order valence-electron chi connectivity index (χ1n) is 9.81. The Morgan fingerprint density at radius 2 is 2.14 bits per heavy atom. The van der Waals surface area contributed by atoms with Crippen LogP contribution in [0, 0.1) is 5.92 Å². The molecule has 4 heterocycles. The van der Waals surface area contributed by atoms with E-state index in [-0.39, 0.29) is 23.2 Å². The zero-order valence-corrected chi connectivity index (χ0v) is 16.1. The van der Waals surface area contributed by atoms with Crippen LogP contribution in [0.4, 0.5) is 4.39 Å². The van der Waals surface area contributed by atoms with Crippen LogP contribution < -0.4 is 5.32 Å². The van der Waals surface area contributed by atoms with E-state index in [0.29, 0.717) is 29.1 Å². The molecule has 2 bridgehead atoms. The molecule has 7 heteroatoms. The van der Waals surface area contributed by atoms with Gasteiger partial charge in [0.2, 0.25) is 0 Å². The number of fused-ring (bicyclic) bond motifs is 3. The molecule has 0 aliphatic carbocycles. The monoisotopic (exact) mass is 391 g/mol. The molecule has 2 fully saturated rings. The van der Waals surface area contributed by atoms with Crippen molar-refractivity contribution >= 4 is 16.3 Å². The number of hydrogen-bond donors (Lipinski definition) is 2. The maximum Gasteiger partial charge on any atom is 0.185 e. The summed E-state index contributed by atoms with van der Waals surface area (Å²) in [6.45, 7) is 6.26. The molecule has 2 saturated heterocycles. The SMILES string of the molecule is C=C(c1cnc(-c2cc3ccncc3cc2O)nn1)[C@H]1C[C@]2(C)CC[C@@H](N2)[C@@H]1F. The summed E-state index contributed by atoms with van der Waals surface area (Å²) >= 11 is 0. The number of benzene rings is 1. The lowest BCUT2D eigenvalue weighted by Gasteiger charge is -2.39. The number of pyridine rings is 1. The second kappa shape index (κ2) is 6.56. The summed E-state index contributed by atoms with van der Waals surface area (Å²) in [4.78, 5) is 8.44. The molecule has 5 rings (SSSR count). The van der Waals surface area contributed by atoms with Crippen molar-refractivity contribution in [3.63, 3.8) is 0 Å². The third kappa shape index (κ3) is 3.06. The van der Waals surface area contributed by atoms with E-state index in [2.05, 4.69) is 39.0 Å². The van der Waals surface area contributed by atoms with E-state index in [4.69, 9.17) is 0 Å². The maximum absolute atomic E-state index is 15.0. The fourth-order valence-corrected chi connectivity index (χ4v) is 4.70. The smallest absolute Gasteiger partial charge is 0.185 e. The number of nitrogens with one attached hydrogen (secondary N) is 1. The van der Waals surface area contributed by atoms with Crippen molar-refractivity contribution in [1.82, 2.24) is 25.5 Å². The quantitative estimate of drug-likeness (QED) is 0.709. The predicted octanol–water partition coefficient (Wildman–Crippen LogP) is 3.67. The first kappa shape index (κ1) is 18.1. The molecule has 2 aliphatic heterocycles. The van der Waals surface area contributed by atoms with Gasteiger partial charge in [-0.1, -0.05) is 6.58 Å². The van der Waals surface area contributed by atoms with E-state index in [1.54, 1.807) is 30.7 Å². The van der Waals surface area contributed by atoms with E-state index in [1.165, 1.54) is 0 Å². The molecule has 3 aromatic rings. The number of phenolic OH excluding ortho intramolecular Hbond substituents is 1. The number of alkyl halides is 1. The molecule has 2 aromatic heterocycles. The third-order valence-corrected chi connectivity index (χ3v) is 6.31. The van der Waals surface area contributed by atoms with Crippen LogP contribution >= 0.6 is 0 Å². The molecular weight excluding hydrogens is 369 g/mol. The normalized spacial score (nSPS) is 28.6. The van der Waals surface area contributed by atoms with Crippen LogP contribution in [0.2, 0.25) is 0 Å². The Hall–Kier alpha value is -2.93. The highest BCUT2D eigenvalue weighted by atomic mass is 19.1. The largest absolute Gasteiger partial charge is 0.507 e. The van der Waals surface area contributed by atoms with Crippen LogP contribution in [0.15, 0.2) is 43.4 Å². The van der Waals surface area contributed by atoms with Crippen LogP contribution in [-0.2, 0) is 0 Å². The number of hydrogen-bond acceptors (Lipinski definition) is 6. The Labute approximate surface area is 167 Å². The van der Waals surface area contributed by atoms with Gasteiger partial charge in [0, 0.05) is 35.3 Å². The standard InChI is InChI=1S/C22H22FN5O/c1-12(16-9-22(2)5-3-17(26-22)20(16)23)18-11-25-21(28-27-18)15-7-13-4-6-24-10-14(13)8-19(15)29/h4,6-8,10-11,16-17,20,26,29H,1,3,5,9H2,2H3/t16-,17-,20-,22+/m1/s1. The van der Waals surface area contributed by atoms with Gasteiger partial charge in [0.1, 0.15) is 17.6 Å². The lowest BCUT2D eigenvalue weighted by Crippen LogP contribution is -2.53. The Balaban J connectivity index is 1.43. The average Bonchev–Trinajstić information content (AvgIpc) is 3.07. The van der Waals surface area contributed by atoms with Crippen molar-refractivity contribution in [3.8, 4) is 17.1 Å². The van der Waals surface area contributed by atoms with Crippen LogP contribution in [0.1, 0.15) is 31.9 Å². The highest BCUT2D eigenvalue weighted by Crippen LogP contribution is 2.44. The molecule has 4 atom stereocenters. The maximum atomic E-state index is 15.0. The predicted molar refractivity (Wildman–Crippen MR) is 109 cm³/mol. The van der Waals surface area contributed by atoms with Crippen LogP contribution in [0.25, 0.3) is 27.7 Å². The fourth-order valence-electron chi connectivity index (χ4n) is 4.70. The van der Waals surface area contributed by atoms with Crippen molar-refractivity contribution in [2.75, 3.05) is 0 Å². The molecule has 2 N–H and O–H groups in total. The van der Waals surface area contributed by atoms with Crippen molar-refractivity contribution in [2.24, 2.45) is 5.92 Å². The number of piperidine rings is 1. The van der Waals surface area contributed by atoms with Gasteiger partial charge in [-0.15, -0.1) is 10.2 Å². The third-order valence-electron chi connectivity index (χ3n) is 6.31. The van der Waals surface area contributed by atoms with Crippen LogP contribution in [0.5, 0.6) is 5.75 Å². The Morgan fingerprint density at radius 1 is 1.28 bits per heavy atom. The number of halogens is 1. The van der Waals surface area contributed by atoms with Gasteiger partial charge in [0.25, 0.3) is 0 Å². The zero-order valence-electron chi connectivity index (χ0n) is 16.1. The molecule has 0 amide bonds. The highest BCUT2D eigenvalue weighted by Gasteiger charge is 2.49. The molecule has 0 unspecified atom stereocenters. The molecule has 148 valence electrons. The number of allylic oxidation sites excluding steroid dienone is 1. The van der Waals surface area contributed by atoms with E-state index >= 15 is 0 Å². The number of aromatic nitrogens is 4. The van der Waals surface area contributed by atoms with Gasteiger partial charge in [-0.2, -0.15) is 0 Å². The Bertz CT molecular complexity index is 1100. The topological polar surface area (TPSA) is 83.8 Å². The molecule has 0 spiro atoms. The summed E-state index contributed by atoms with van der Waals surface area (Å²) in [7, 11) is 0. The van der Waals surface area contributed by atoms with Gasteiger partial charge in [0.05, 0.1) is 11.8 Å². The molecule has 29 heavy (non-hydrogen) atoms. The van der Waals surface area contributed by atoms with Gasteiger partial charge >= 0.3 is 0 Å². The summed E-state index contributed by atoms with van der Waals surface area (Å²) < 4.78 is 15.0. The number of aromatic hydroxyl groups is 1. The van der Waals surface area contributed by atoms with E-state index in [0.717, 1.165) is 23.6 Å². The Morgan fingerprint density at radius 3 is 2.93 bits per heavy atom. The molecule has 0 radical (unpaired) electrons. The minimum atomic E-state index is -0.988. The molecular formula is C22H22FN5O. The van der Waals surface area contributed by atoms with Crippen molar-refractivity contribution in [2.45, 2.75) is 43.9 Å². The number of phenols is 1. The van der Waals surface area contributed by atoms with E-state index < -0.39 is 6.17 Å². The van der Waals surface area contributed by atoms with E-state index in [1.807, 2.05) is 6.07 Å². The fraction of sp³-hybridized carbons (Fsp3) is 0.364. The van der Waals surface area contributed by atoms with Gasteiger partial charge in [-0.3, -0.25) is 4.98 Å². The van der Waals surface area contributed by atoms with Gasteiger partial charge in [0.15, 0.2) is 5.82 Å². The van der Waals surface area contributed by atoms with Crippen LogP contribution in [0.3, 0.4) is 0 Å². The van der Waals surface area contributed by atoms with Gasteiger partial charge < -0.3 is 10.4 Å². The first-order chi connectivity index (χ1) is 13.9. The summed E-state index contributed by atoms with van der Waals surface area (Å²) in [6, 6.07) is 5.17. The first-order valence-corrected chi connectivity index (χ1v) is 9.81. The second-order valence-electron chi connectivity index (χ2n) is 8.39. The average molecular weight is 391 g/mol. The molecule has 1 aromatic carbocycles. The molecule has 6 nitrogen and oxygen atoms in total.